The van der Waals surface area contributed by atoms with Crippen LogP contribution in [0.5, 0.6) is 0 Å². The van der Waals surface area contributed by atoms with E-state index in [0.29, 0.717) is 6.54 Å². The molecule has 0 saturated carbocycles. The highest BCUT2D eigenvalue weighted by Gasteiger charge is 2.01. The van der Waals surface area contributed by atoms with Gasteiger partial charge < -0.3 is 16.0 Å². The lowest BCUT2D eigenvalue weighted by Crippen LogP contribution is -2.28. The van der Waals surface area contributed by atoms with Gasteiger partial charge in [0.1, 0.15) is 0 Å². The van der Waals surface area contributed by atoms with Crippen LogP contribution in [0.2, 0.25) is 0 Å². The molecule has 110 valence electrons. The summed E-state index contributed by atoms with van der Waals surface area (Å²) in [6, 6.07) is 15.7. The van der Waals surface area contributed by atoms with E-state index in [9.17, 15) is 4.79 Å². The average Bonchev–Trinajstić information content (AvgIpc) is 2.49. The van der Waals surface area contributed by atoms with Gasteiger partial charge in [0.2, 0.25) is 0 Å². The third kappa shape index (κ3) is 4.93. The predicted octanol–water partition coefficient (Wildman–Crippen LogP) is 3.04. The number of nitrogens with one attached hydrogen (secondary N) is 3. The summed E-state index contributed by atoms with van der Waals surface area (Å²) in [5.41, 5.74) is 4.27. The SMILES string of the molecule is CNCc1ccc(NC(=O)NCc2ccc(C)cc2)cc1. The van der Waals surface area contributed by atoms with Crippen LogP contribution in [0.1, 0.15) is 16.7 Å². The van der Waals surface area contributed by atoms with E-state index in [1.807, 2.05) is 62.5 Å². The molecule has 0 radical (unpaired) electrons. The number of urea groups is 1. The van der Waals surface area contributed by atoms with Crippen LogP contribution in [0.4, 0.5) is 10.5 Å². The molecule has 0 bridgehead atoms. The summed E-state index contributed by atoms with van der Waals surface area (Å²) in [5, 5.41) is 8.75. The van der Waals surface area contributed by atoms with Crippen LogP contribution in [0.15, 0.2) is 48.5 Å². The zero-order valence-corrected chi connectivity index (χ0v) is 12.4. The topological polar surface area (TPSA) is 53.2 Å². The molecule has 2 rings (SSSR count). The minimum absolute atomic E-state index is 0.197. The fraction of sp³-hybridized carbons (Fsp3) is 0.235. The molecule has 2 amide bonds. The fourth-order valence-electron chi connectivity index (χ4n) is 1.97. The van der Waals surface area contributed by atoms with E-state index in [-0.39, 0.29) is 6.03 Å². The second-order valence-corrected chi connectivity index (χ2v) is 5.02. The first-order valence-electron chi connectivity index (χ1n) is 7.01. The third-order valence-corrected chi connectivity index (χ3v) is 3.17. The maximum absolute atomic E-state index is 11.8. The molecule has 0 aliphatic carbocycles. The lowest BCUT2D eigenvalue weighted by atomic mass is 10.1. The maximum atomic E-state index is 11.8. The molecule has 4 heteroatoms. The van der Waals surface area contributed by atoms with Crippen molar-refractivity contribution >= 4 is 11.7 Å². The lowest BCUT2D eigenvalue weighted by molar-refractivity contribution is 0.251. The van der Waals surface area contributed by atoms with Crippen molar-refractivity contribution in [3.8, 4) is 0 Å². The second kappa shape index (κ2) is 7.45. The Balaban J connectivity index is 1.82. The normalized spacial score (nSPS) is 10.2. The van der Waals surface area contributed by atoms with E-state index >= 15 is 0 Å². The molecule has 0 aromatic heterocycles. The molecule has 2 aromatic rings. The highest BCUT2D eigenvalue weighted by molar-refractivity contribution is 5.89. The molecular weight excluding hydrogens is 262 g/mol. The number of amides is 2. The Hall–Kier alpha value is -2.33. The highest BCUT2D eigenvalue weighted by atomic mass is 16.2. The largest absolute Gasteiger partial charge is 0.334 e. The van der Waals surface area contributed by atoms with Crippen LogP contribution in [0, 0.1) is 6.92 Å². The van der Waals surface area contributed by atoms with Crippen LogP contribution < -0.4 is 16.0 Å². The summed E-state index contributed by atoms with van der Waals surface area (Å²) in [7, 11) is 1.91. The third-order valence-electron chi connectivity index (χ3n) is 3.17. The zero-order chi connectivity index (χ0) is 15.1. The molecule has 3 N–H and O–H groups in total. The van der Waals surface area contributed by atoms with Gasteiger partial charge in [-0.3, -0.25) is 0 Å². The summed E-state index contributed by atoms with van der Waals surface area (Å²) in [6.45, 7) is 3.38. The Kier molecular flexibility index (Phi) is 5.35. The number of aryl methyl sites for hydroxylation is 1. The lowest BCUT2D eigenvalue weighted by Gasteiger charge is -2.08. The number of rotatable bonds is 5. The summed E-state index contributed by atoms with van der Waals surface area (Å²) < 4.78 is 0. The monoisotopic (exact) mass is 283 g/mol. The molecule has 0 fully saturated rings. The fourth-order valence-corrected chi connectivity index (χ4v) is 1.97. The van der Waals surface area contributed by atoms with Crippen LogP contribution >= 0.6 is 0 Å². The molecule has 4 nitrogen and oxygen atoms in total. The Morgan fingerprint density at radius 3 is 2.10 bits per heavy atom. The number of anilines is 1. The number of hydrogen-bond acceptors (Lipinski definition) is 2. The van der Waals surface area contributed by atoms with E-state index in [0.717, 1.165) is 17.8 Å². The highest BCUT2D eigenvalue weighted by Crippen LogP contribution is 2.09. The van der Waals surface area contributed by atoms with Gasteiger partial charge in [0.05, 0.1) is 0 Å². The molecule has 0 unspecified atom stereocenters. The molecule has 2 aromatic carbocycles. The van der Waals surface area contributed by atoms with Crippen molar-refractivity contribution < 1.29 is 4.79 Å². The van der Waals surface area contributed by atoms with E-state index in [1.165, 1.54) is 11.1 Å². The van der Waals surface area contributed by atoms with Gasteiger partial charge in [0.25, 0.3) is 0 Å². The van der Waals surface area contributed by atoms with Gasteiger partial charge >= 0.3 is 6.03 Å². The summed E-state index contributed by atoms with van der Waals surface area (Å²) in [5.74, 6) is 0. The predicted molar refractivity (Wildman–Crippen MR) is 86.2 cm³/mol. The molecule has 21 heavy (non-hydrogen) atoms. The smallest absolute Gasteiger partial charge is 0.319 e. The van der Waals surface area contributed by atoms with Gasteiger partial charge in [0.15, 0.2) is 0 Å². The first kappa shape index (κ1) is 15.1. The van der Waals surface area contributed by atoms with Crippen molar-refractivity contribution in [2.75, 3.05) is 12.4 Å². The van der Waals surface area contributed by atoms with Crippen molar-refractivity contribution in [3.63, 3.8) is 0 Å². The number of carbonyl (C=O) groups excluding carboxylic acids is 1. The molecule has 0 saturated heterocycles. The van der Waals surface area contributed by atoms with Gasteiger partial charge in [-0.15, -0.1) is 0 Å². The first-order valence-corrected chi connectivity index (χ1v) is 7.01. The van der Waals surface area contributed by atoms with E-state index in [1.54, 1.807) is 0 Å². The van der Waals surface area contributed by atoms with Crippen LogP contribution in [-0.2, 0) is 13.1 Å². The Morgan fingerprint density at radius 2 is 1.48 bits per heavy atom. The van der Waals surface area contributed by atoms with Gasteiger partial charge in [-0.05, 0) is 37.2 Å². The van der Waals surface area contributed by atoms with Crippen molar-refractivity contribution in [3.05, 3.63) is 65.2 Å². The van der Waals surface area contributed by atoms with Crippen molar-refractivity contribution in [1.82, 2.24) is 10.6 Å². The number of hydrogen-bond donors (Lipinski definition) is 3. The van der Waals surface area contributed by atoms with Gasteiger partial charge in [-0.25, -0.2) is 4.79 Å². The minimum atomic E-state index is -0.197. The Bertz CT molecular complexity index is 576. The Morgan fingerprint density at radius 1 is 0.905 bits per heavy atom. The van der Waals surface area contributed by atoms with E-state index in [2.05, 4.69) is 16.0 Å². The maximum Gasteiger partial charge on any atom is 0.319 e. The Labute approximate surface area is 125 Å². The second-order valence-electron chi connectivity index (χ2n) is 5.02. The van der Waals surface area contributed by atoms with Crippen molar-refractivity contribution in [2.45, 2.75) is 20.0 Å². The standard InChI is InChI=1S/C17H21N3O/c1-13-3-5-15(6-4-13)12-19-17(21)20-16-9-7-14(8-10-16)11-18-2/h3-10,18H,11-12H2,1-2H3,(H2,19,20,21). The molecule has 0 spiro atoms. The van der Waals surface area contributed by atoms with Crippen LogP contribution in [0.25, 0.3) is 0 Å². The van der Waals surface area contributed by atoms with E-state index < -0.39 is 0 Å². The number of carbonyl (C=O) groups is 1. The van der Waals surface area contributed by atoms with Gasteiger partial charge in [0, 0.05) is 18.8 Å². The van der Waals surface area contributed by atoms with Crippen molar-refractivity contribution in [2.24, 2.45) is 0 Å². The molecule has 0 aliphatic heterocycles. The quantitative estimate of drug-likeness (QED) is 0.790. The first-order chi connectivity index (χ1) is 10.2. The molecule has 0 aliphatic rings. The zero-order valence-electron chi connectivity index (χ0n) is 12.4. The number of benzene rings is 2. The molecule has 0 atom stereocenters. The summed E-state index contributed by atoms with van der Waals surface area (Å²) in [6.07, 6.45) is 0. The molecule has 0 heterocycles. The van der Waals surface area contributed by atoms with E-state index in [4.69, 9.17) is 0 Å². The van der Waals surface area contributed by atoms with Crippen LogP contribution in [0.3, 0.4) is 0 Å². The summed E-state index contributed by atoms with van der Waals surface area (Å²) >= 11 is 0. The summed E-state index contributed by atoms with van der Waals surface area (Å²) in [4.78, 5) is 11.8. The van der Waals surface area contributed by atoms with Gasteiger partial charge in [-0.1, -0.05) is 42.0 Å². The minimum Gasteiger partial charge on any atom is -0.334 e. The van der Waals surface area contributed by atoms with Gasteiger partial charge in [-0.2, -0.15) is 0 Å². The molecular formula is C17H21N3O. The van der Waals surface area contributed by atoms with Crippen molar-refractivity contribution in [1.29, 1.82) is 0 Å². The average molecular weight is 283 g/mol. The van der Waals surface area contributed by atoms with Crippen LogP contribution in [-0.4, -0.2) is 13.1 Å².